The van der Waals surface area contributed by atoms with Crippen molar-refractivity contribution < 1.29 is 19.2 Å². The smallest absolute Gasteiger partial charge is 0.332 e. The molecule has 43 heavy (non-hydrogen) atoms. The van der Waals surface area contributed by atoms with Crippen LogP contribution in [0.4, 0.5) is 0 Å². The highest BCUT2D eigenvalue weighted by molar-refractivity contribution is 7.18. The Hall–Kier alpha value is -5.29. The van der Waals surface area contributed by atoms with Crippen LogP contribution in [0.15, 0.2) is 93.0 Å². The fraction of sp³-hybridized carbons (Fsp3) is 0.156. The number of fused-ring (bicyclic) bond motifs is 1. The lowest BCUT2D eigenvalue weighted by Gasteiger charge is -2.13. The van der Waals surface area contributed by atoms with E-state index in [2.05, 4.69) is 14.7 Å². The van der Waals surface area contributed by atoms with Crippen LogP contribution in [0.1, 0.15) is 27.7 Å². The van der Waals surface area contributed by atoms with Gasteiger partial charge in [-0.25, -0.2) is 9.78 Å². The number of ketones is 1. The molecule has 3 aromatic carbocycles. The van der Waals surface area contributed by atoms with Gasteiger partial charge < -0.3 is 14.4 Å². The van der Waals surface area contributed by atoms with Crippen LogP contribution in [0, 0.1) is 0 Å². The third-order valence-corrected chi connectivity index (χ3v) is 8.47. The molecule has 0 N–H and O–H groups in total. The third-order valence-electron chi connectivity index (χ3n) is 7.17. The lowest BCUT2D eigenvalue weighted by molar-refractivity contribution is -0.303. The second kappa shape index (κ2) is 11.5. The van der Waals surface area contributed by atoms with Gasteiger partial charge in [0.1, 0.15) is 10.6 Å². The van der Waals surface area contributed by atoms with Gasteiger partial charge in [0, 0.05) is 16.0 Å². The van der Waals surface area contributed by atoms with Gasteiger partial charge in [-0.15, -0.1) is 11.3 Å². The van der Waals surface area contributed by atoms with Gasteiger partial charge in [0.15, 0.2) is 17.7 Å². The number of Topliss-reactive ketones (excluding diaryl/α,β-unsaturated/α-hetero) is 1. The highest BCUT2D eigenvalue weighted by atomic mass is 32.1. The molecule has 216 valence electrons. The van der Waals surface area contributed by atoms with Crippen molar-refractivity contribution >= 4 is 27.3 Å². The van der Waals surface area contributed by atoms with Crippen molar-refractivity contribution in [2.75, 3.05) is 7.11 Å². The van der Waals surface area contributed by atoms with Crippen LogP contribution in [0.3, 0.4) is 0 Å². The summed E-state index contributed by atoms with van der Waals surface area (Å²) in [6.07, 6.45) is -0.0545. The largest absolute Gasteiger partial charge is 0.528 e. The summed E-state index contributed by atoms with van der Waals surface area (Å²) in [7, 11) is 1.51. The van der Waals surface area contributed by atoms with Crippen molar-refractivity contribution in [1.82, 2.24) is 19.3 Å². The summed E-state index contributed by atoms with van der Waals surface area (Å²) in [5, 5.41) is 15.6. The summed E-state index contributed by atoms with van der Waals surface area (Å²) in [6, 6.07) is 23.4. The molecular weight excluding hydrogens is 568 g/mol. The fourth-order valence-corrected chi connectivity index (χ4v) is 6.03. The van der Waals surface area contributed by atoms with Crippen LogP contribution in [-0.2, 0) is 19.5 Å². The minimum atomic E-state index is -0.761. The molecule has 3 heterocycles. The monoisotopic (exact) mass is 593 g/mol. The summed E-state index contributed by atoms with van der Waals surface area (Å²) >= 11 is 1.40. The number of aryl methyl sites for hydroxylation is 1. The molecule has 0 fully saturated rings. The molecule has 6 aromatic rings. The molecule has 3 aromatic heterocycles. The molecule has 0 aliphatic heterocycles. The number of hydrogen-bond acceptors (Lipinski definition) is 9. The average Bonchev–Trinajstić information content (AvgIpc) is 3.68. The Morgan fingerprint density at radius 2 is 1.74 bits per heavy atom. The standard InChI is InChI=1S/C32H26N4O6S/c1-3-23-16-26-29(38)35(18-27(37)21-7-6-8-22(15-21)41-2)32(40)36(30(26)43-23)17-19-11-13-20(14-12-19)24-9-4-5-10-25(24)28-33-31(39)42-34-28/h4-16H,3,17-18H2,1-2H3,(H,33,34,39)/p-1. The summed E-state index contributed by atoms with van der Waals surface area (Å²) in [6.45, 7) is 1.79. The minimum Gasteiger partial charge on any atom is -0.528 e. The second-order valence-corrected chi connectivity index (χ2v) is 10.9. The third kappa shape index (κ3) is 5.38. The zero-order valence-electron chi connectivity index (χ0n) is 23.3. The van der Waals surface area contributed by atoms with Crippen LogP contribution in [-0.4, -0.2) is 32.2 Å². The van der Waals surface area contributed by atoms with Crippen molar-refractivity contribution in [2.45, 2.75) is 26.4 Å². The number of methoxy groups -OCH3 is 1. The van der Waals surface area contributed by atoms with E-state index in [1.54, 1.807) is 34.9 Å². The van der Waals surface area contributed by atoms with E-state index >= 15 is 0 Å². The number of thiophene rings is 1. The lowest BCUT2D eigenvalue weighted by Crippen LogP contribution is -2.41. The van der Waals surface area contributed by atoms with Crippen molar-refractivity contribution in [3.05, 3.63) is 116 Å². The first-order chi connectivity index (χ1) is 20.9. The van der Waals surface area contributed by atoms with Gasteiger partial charge in [0.2, 0.25) is 0 Å². The predicted octanol–water partition coefficient (Wildman–Crippen LogP) is 4.52. The van der Waals surface area contributed by atoms with Gasteiger partial charge in [0.05, 0.1) is 25.6 Å². The van der Waals surface area contributed by atoms with Crippen LogP contribution in [0.2, 0.25) is 0 Å². The van der Waals surface area contributed by atoms with E-state index in [0.29, 0.717) is 33.5 Å². The van der Waals surface area contributed by atoms with Crippen molar-refractivity contribution in [3.63, 3.8) is 0 Å². The Bertz CT molecular complexity index is 2090. The zero-order valence-corrected chi connectivity index (χ0v) is 24.1. The normalized spacial score (nSPS) is 11.2. The number of ether oxygens (including phenoxy) is 1. The van der Waals surface area contributed by atoms with Crippen LogP contribution in [0.5, 0.6) is 11.8 Å². The molecule has 0 atom stereocenters. The molecule has 10 nitrogen and oxygen atoms in total. The summed E-state index contributed by atoms with van der Waals surface area (Å²) < 4.78 is 12.4. The fourth-order valence-electron chi connectivity index (χ4n) is 4.96. The molecule has 0 saturated carbocycles. The van der Waals surface area contributed by atoms with Crippen LogP contribution in [0.25, 0.3) is 32.7 Å². The average molecular weight is 594 g/mol. The Kier molecular flexibility index (Phi) is 7.47. The number of rotatable bonds is 9. The number of carbonyl (C=O) groups is 1. The van der Waals surface area contributed by atoms with E-state index in [-0.39, 0.29) is 18.2 Å². The maximum Gasteiger partial charge on any atom is 0.332 e. The van der Waals surface area contributed by atoms with E-state index in [9.17, 15) is 19.5 Å². The summed E-state index contributed by atoms with van der Waals surface area (Å²) in [5.41, 5.74) is 2.44. The molecule has 0 radical (unpaired) electrons. The molecule has 0 amide bonds. The van der Waals surface area contributed by atoms with Gasteiger partial charge in [-0.05, 0) is 41.3 Å². The van der Waals surface area contributed by atoms with Crippen LogP contribution >= 0.6 is 11.3 Å². The second-order valence-electron chi connectivity index (χ2n) is 9.83. The van der Waals surface area contributed by atoms with E-state index in [0.717, 1.165) is 26.1 Å². The molecule has 6 rings (SSSR count). The topological polar surface area (TPSA) is 132 Å². The SMILES string of the molecule is CCc1cc2c(=O)n(CC(=O)c3cccc(OC)c3)c(=O)n(Cc3ccc(-c4ccccc4-c4noc([O-])n4)cc3)c2s1. The maximum atomic E-state index is 13.8. The number of benzene rings is 3. The van der Waals surface area contributed by atoms with E-state index < -0.39 is 23.9 Å². The van der Waals surface area contributed by atoms with E-state index in [4.69, 9.17) is 4.74 Å². The molecule has 0 saturated heterocycles. The molecule has 0 unspecified atom stereocenters. The molecule has 0 bridgehead atoms. The van der Waals surface area contributed by atoms with Gasteiger partial charge in [-0.2, -0.15) is 5.16 Å². The van der Waals surface area contributed by atoms with Gasteiger partial charge in [-0.3, -0.25) is 18.7 Å². The Labute approximate surface area is 249 Å². The van der Waals surface area contributed by atoms with E-state index in [1.165, 1.54) is 18.4 Å². The Balaban J connectivity index is 1.37. The highest BCUT2D eigenvalue weighted by Crippen LogP contribution is 2.31. The number of nitrogens with zero attached hydrogens (tertiary/aromatic N) is 4. The molecule has 0 aliphatic rings. The van der Waals surface area contributed by atoms with Crippen molar-refractivity contribution in [3.8, 4) is 34.3 Å². The first-order valence-electron chi connectivity index (χ1n) is 13.5. The zero-order chi connectivity index (χ0) is 30.1. The molecular formula is C32H25N4O6S-. The first-order valence-corrected chi connectivity index (χ1v) is 14.3. The van der Waals surface area contributed by atoms with Crippen LogP contribution < -0.4 is 21.1 Å². The summed E-state index contributed by atoms with van der Waals surface area (Å²) in [4.78, 5) is 45.8. The number of aromatic nitrogens is 4. The van der Waals surface area contributed by atoms with Gasteiger partial charge in [-0.1, -0.05) is 67.6 Å². The Morgan fingerprint density at radius 3 is 2.44 bits per heavy atom. The maximum absolute atomic E-state index is 13.8. The van der Waals surface area contributed by atoms with Crippen molar-refractivity contribution in [2.24, 2.45) is 0 Å². The predicted molar refractivity (Wildman–Crippen MR) is 161 cm³/mol. The van der Waals surface area contributed by atoms with Gasteiger partial charge >= 0.3 is 5.69 Å². The molecule has 0 spiro atoms. The quantitative estimate of drug-likeness (QED) is 0.224. The number of hydrogen-bond donors (Lipinski definition) is 0. The number of carbonyl (C=O) groups excluding carboxylic acids is 1. The van der Waals surface area contributed by atoms with Gasteiger partial charge in [0.25, 0.3) is 5.56 Å². The van der Waals surface area contributed by atoms with Crippen molar-refractivity contribution in [1.29, 1.82) is 0 Å². The lowest BCUT2D eigenvalue weighted by atomic mass is 9.98. The summed E-state index contributed by atoms with van der Waals surface area (Å²) in [5.74, 6) is 0.340. The minimum absolute atomic E-state index is 0.193. The highest BCUT2D eigenvalue weighted by Gasteiger charge is 2.19. The Morgan fingerprint density at radius 1 is 0.977 bits per heavy atom. The molecule has 0 aliphatic carbocycles. The van der Waals surface area contributed by atoms with E-state index in [1.807, 2.05) is 55.5 Å². The first kappa shape index (κ1) is 27.9. The molecule has 11 heteroatoms.